The number of nitrogens with two attached hydrogens (primary N) is 1. The first-order valence-corrected chi connectivity index (χ1v) is 7.67. The van der Waals surface area contributed by atoms with Crippen LogP contribution in [0.1, 0.15) is 30.1 Å². The molecule has 2 N–H and O–H groups in total. The van der Waals surface area contributed by atoms with Gasteiger partial charge in [0.2, 0.25) is 0 Å². The van der Waals surface area contributed by atoms with Crippen molar-refractivity contribution in [3.63, 3.8) is 0 Å². The van der Waals surface area contributed by atoms with Crippen LogP contribution in [-0.2, 0) is 0 Å². The summed E-state index contributed by atoms with van der Waals surface area (Å²) < 4.78 is 1.67. The fraction of sp³-hybridized carbons (Fsp3) is 0.438. The number of piperidine rings is 1. The molecule has 1 fully saturated rings. The smallest absolute Gasteiger partial charge is 0.254 e. The van der Waals surface area contributed by atoms with Crippen LogP contribution in [0.15, 0.2) is 36.9 Å². The summed E-state index contributed by atoms with van der Waals surface area (Å²) in [7, 11) is 0. The van der Waals surface area contributed by atoms with Gasteiger partial charge in [-0.05, 0) is 43.0 Å². The second-order valence-corrected chi connectivity index (χ2v) is 5.81. The largest absolute Gasteiger partial charge is 0.334 e. The summed E-state index contributed by atoms with van der Waals surface area (Å²) in [4.78, 5) is 18.6. The molecule has 3 rings (SSSR count). The Bertz CT molecular complexity index is 622. The Morgan fingerprint density at radius 1 is 1.36 bits per heavy atom. The summed E-state index contributed by atoms with van der Waals surface area (Å²) >= 11 is 0. The minimum atomic E-state index is 0.0622. The van der Waals surface area contributed by atoms with E-state index in [4.69, 9.17) is 5.73 Å². The van der Waals surface area contributed by atoms with E-state index in [-0.39, 0.29) is 11.9 Å². The lowest BCUT2D eigenvalue weighted by Crippen LogP contribution is -2.51. The summed E-state index contributed by atoms with van der Waals surface area (Å²) in [6.45, 7) is 3.48. The second-order valence-electron chi connectivity index (χ2n) is 5.81. The van der Waals surface area contributed by atoms with E-state index in [1.165, 1.54) is 6.33 Å². The van der Waals surface area contributed by atoms with Gasteiger partial charge in [0.15, 0.2) is 0 Å². The number of nitrogens with zero attached hydrogens (tertiary/aromatic N) is 4. The first-order valence-electron chi connectivity index (χ1n) is 7.67. The van der Waals surface area contributed by atoms with Crippen LogP contribution in [0.5, 0.6) is 0 Å². The summed E-state index contributed by atoms with van der Waals surface area (Å²) in [5, 5.41) is 4.08. The van der Waals surface area contributed by atoms with Crippen molar-refractivity contribution in [3.05, 3.63) is 42.5 Å². The third-order valence-corrected chi connectivity index (χ3v) is 4.42. The number of carbonyl (C=O) groups is 1. The number of likely N-dealkylation sites (tertiary alicyclic amines) is 1. The van der Waals surface area contributed by atoms with Crippen molar-refractivity contribution >= 4 is 5.91 Å². The molecule has 2 heterocycles. The Morgan fingerprint density at radius 2 is 2.14 bits per heavy atom. The number of amides is 1. The van der Waals surface area contributed by atoms with Gasteiger partial charge >= 0.3 is 0 Å². The molecule has 2 atom stereocenters. The van der Waals surface area contributed by atoms with Crippen LogP contribution < -0.4 is 5.73 Å². The average Bonchev–Trinajstić information content (AvgIpc) is 3.08. The zero-order chi connectivity index (χ0) is 15.5. The highest BCUT2D eigenvalue weighted by Crippen LogP contribution is 2.24. The lowest BCUT2D eigenvalue weighted by atomic mass is 9.90. The van der Waals surface area contributed by atoms with Gasteiger partial charge in [-0.15, -0.1) is 0 Å². The van der Waals surface area contributed by atoms with Gasteiger partial charge in [-0.2, -0.15) is 5.10 Å². The van der Waals surface area contributed by atoms with Gasteiger partial charge in [0.05, 0.1) is 5.69 Å². The monoisotopic (exact) mass is 299 g/mol. The summed E-state index contributed by atoms with van der Waals surface area (Å²) in [6, 6.07) is 7.58. The molecule has 0 aliphatic carbocycles. The molecule has 1 saturated heterocycles. The highest BCUT2D eigenvalue weighted by Gasteiger charge is 2.31. The molecule has 0 unspecified atom stereocenters. The highest BCUT2D eigenvalue weighted by atomic mass is 16.2. The van der Waals surface area contributed by atoms with E-state index >= 15 is 0 Å². The number of benzene rings is 1. The molecular weight excluding hydrogens is 278 g/mol. The minimum absolute atomic E-state index is 0.0622. The van der Waals surface area contributed by atoms with Crippen molar-refractivity contribution in [3.8, 4) is 5.69 Å². The number of hydrogen-bond acceptors (Lipinski definition) is 4. The Hall–Kier alpha value is -2.21. The van der Waals surface area contributed by atoms with E-state index in [9.17, 15) is 4.79 Å². The fourth-order valence-corrected chi connectivity index (χ4v) is 3.12. The first-order chi connectivity index (χ1) is 10.7. The van der Waals surface area contributed by atoms with Crippen LogP contribution in [0.4, 0.5) is 0 Å². The zero-order valence-corrected chi connectivity index (χ0v) is 12.7. The molecule has 2 aromatic rings. The zero-order valence-electron chi connectivity index (χ0n) is 12.7. The van der Waals surface area contributed by atoms with Gasteiger partial charge in [0.1, 0.15) is 12.7 Å². The Morgan fingerprint density at radius 3 is 2.77 bits per heavy atom. The van der Waals surface area contributed by atoms with Crippen LogP contribution in [0.25, 0.3) is 5.69 Å². The van der Waals surface area contributed by atoms with Gasteiger partial charge in [-0.25, -0.2) is 9.67 Å². The van der Waals surface area contributed by atoms with E-state index in [2.05, 4.69) is 17.0 Å². The van der Waals surface area contributed by atoms with Crippen molar-refractivity contribution in [2.45, 2.75) is 25.8 Å². The summed E-state index contributed by atoms with van der Waals surface area (Å²) in [5.41, 5.74) is 7.45. The predicted molar refractivity (Wildman–Crippen MR) is 83.6 cm³/mol. The van der Waals surface area contributed by atoms with Gasteiger partial charge in [0.25, 0.3) is 5.91 Å². The van der Waals surface area contributed by atoms with Crippen molar-refractivity contribution in [1.82, 2.24) is 19.7 Å². The minimum Gasteiger partial charge on any atom is -0.334 e. The van der Waals surface area contributed by atoms with Crippen molar-refractivity contribution in [1.29, 1.82) is 0 Å². The van der Waals surface area contributed by atoms with Crippen molar-refractivity contribution < 1.29 is 4.79 Å². The molecule has 1 aliphatic heterocycles. The average molecular weight is 299 g/mol. The standard InChI is InChI=1S/C16H21N5O/c1-12-3-2-8-20(15(12)9-17)16(22)13-4-6-14(7-5-13)21-11-18-10-19-21/h4-7,10-12,15H,2-3,8-9,17H2,1H3/t12-,15+/m1/s1. The lowest BCUT2D eigenvalue weighted by Gasteiger charge is -2.39. The van der Waals surface area contributed by atoms with E-state index in [0.29, 0.717) is 18.0 Å². The number of aromatic nitrogens is 3. The van der Waals surface area contributed by atoms with E-state index in [1.807, 2.05) is 29.2 Å². The van der Waals surface area contributed by atoms with Crippen molar-refractivity contribution in [2.24, 2.45) is 11.7 Å². The van der Waals surface area contributed by atoms with Gasteiger partial charge < -0.3 is 10.6 Å². The summed E-state index contributed by atoms with van der Waals surface area (Å²) in [5.74, 6) is 0.518. The van der Waals surface area contributed by atoms with E-state index < -0.39 is 0 Å². The molecule has 1 amide bonds. The van der Waals surface area contributed by atoms with Crippen molar-refractivity contribution in [2.75, 3.05) is 13.1 Å². The Labute approximate surface area is 129 Å². The molecule has 6 heteroatoms. The van der Waals surface area contributed by atoms with Crippen LogP contribution in [-0.4, -0.2) is 44.7 Å². The first kappa shape index (κ1) is 14.7. The molecule has 0 spiro atoms. The highest BCUT2D eigenvalue weighted by molar-refractivity contribution is 5.94. The lowest BCUT2D eigenvalue weighted by molar-refractivity contribution is 0.0532. The molecule has 0 saturated carbocycles. The van der Waals surface area contributed by atoms with Crippen LogP contribution >= 0.6 is 0 Å². The topological polar surface area (TPSA) is 77.0 Å². The molecule has 1 aromatic heterocycles. The van der Waals surface area contributed by atoms with Gasteiger partial charge in [-0.3, -0.25) is 4.79 Å². The van der Waals surface area contributed by atoms with E-state index in [1.54, 1.807) is 11.0 Å². The Balaban J connectivity index is 1.79. The number of carbonyl (C=O) groups excluding carboxylic acids is 1. The molecule has 116 valence electrons. The van der Waals surface area contributed by atoms with Crippen LogP contribution in [0.3, 0.4) is 0 Å². The fourth-order valence-electron chi connectivity index (χ4n) is 3.12. The van der Waals surface area contributed by atoms with Gasteiger partial charge in [0, 0.05) is 24.7 Å². The molecule has 1 aliphatic rings. The predicted octanol–water partition coefficient (Wildman–Crippen LogP) is 1.47. The normalized spacial score (nSPS) is 21.8. The molecule has 1 aromatic carbocycles. The molecular formula is C16H21N5O. The summed E-state index contributed by atoms with van der Waals surface area (Å²) in [6.07, 6.45) is 5.30. The third kappa shape index (κ3) is 2.74. The quantitative estimate of drug-likeness (QED) is 0.931. The molecule has 22 heavy (non-hydrogen) atoms. The Kier molecular flexibility index (Phi) is 4.20. The maximum Gasteiger partial charge on any atom is 0.254 e. The number of rotatable bonds is 3. The maximum atomic E-state index is 12.7. The van der Waals surface area contributed by atoms with Crippen LogP contribution in [0.2, 0.25) is 0 Å². The third-order valence-electron chi connectivity index (χ3n) is 4.42. The maximum absolute atomic E-state index is 12.7. The van der Waals surface area contributed by atoms with Gasteiger partial charge in [-0.1, -0.05) is 6.92 Å². The number of hydrogen-bond donors (Lipinski definition) is 1. The van der Waals surface area contributed by atoms with E-state index in [0.717, 1.165) is 25.1 Å². The van der Waals surface area contributed by atoms with Crippen LogP contribution in [0, 0.1) is 5.92 Å². The molecule has 0 bridgehead atoms. The SMILES string of the molecule is C[C@@H]1CCCN(C(=O)c2ccc(-n3cncn3)cc2)[C@H]1CN. The molecule has 0 radical (unpaired) electrons. The second kappa shape index (κ2) is 6.27. The molecule has 6 nitrogen and oxygen atoms in total.